The molecular formula is C21H27N3O5. The van der Waals surface area contributed by atoms with E-state index in [4.69, 9.17) is 15.2 Å². The molecule has 0 fully saturated rings. The van der Waals surface area contributed by atoms with Crippen LogP contribution in [-0.4, -0.2) is 31.1 Å². The summed E-state index contributed by atoms with van der Waals surface area (Å²) in [6.07, 6.45) is 3.48. The van der Waals surface area contributed by atoms with E-state index in [0.29, 0.717) is 31.0 Å². The number of nitro benzene ring substituents is 1. The molecule has 0 saturated carbocycles. The number of rotatable bonds is 11. The lowest BCUT2D eigenvalue weighted by molar-refractivity contribution is -0.385. The maximum Gasteiger partial charge on any atom is 0.286 e. The van der Waals surface area contributed by atoms with Crippen LogP contribution in [0.15, 0.2) is 36.4 Å². The van der Waals surface area contributed by atoms with Crippen LogP contribution >= 0.6 is 0 Å². The number of benzene rings is 2. The monoisotopic (exact) mass is 401 g/mol. The van der Waals surface area contributed by atoms with E-state index >= 15 is 0 Å². The summed E-state index contributed by atoms with van der Waals surface area (Å²) in [5.74, 6) is 0.0118. The number of amides is 1. The fraction of sp³-hybridized carbons (Fsp3) is 0.381. The van der Waals surface area contributed by atoms with Crippen LogP contribution in [0.25, 0.3) is 0 Å². The Morgan fingerprint density at radius 3 is 2.52 bits per heavy atom. The molecule has 3 N–H and O–H groups in total. The Morgan fingerprint density at radius 1 is 1.17 bits per heavy atom. The zero-order chi connectivity index (χ0) is 21.2. The first kappa shape index (κ1) is 22.0. The highest BCUT2D eigenvalue weighted by Crippen LogP contribution is 2.35. The van der Waals surface area contributed by atoms with E-state index in [0.717, 1.165) is 24.8 Å². The molecule has 0 atom stereocenters. The average Bonchev–Trinajstić information content (AvgIpc) is 2.72. The van der Waals surface area contributed by atoms with Gasteiger partial charge in [-0.25, -0.2) is 0 Å². The van der Waals surface area contributed by atoms with Crippen molar-refractivity contribution in [3.63, 3.8) is 0 Å². The number of anilines is 1. The van der Waals surface area contributed by atoms with Gasteiger partial charge in [0.2, 0.25) is 0 Å². The van der Waals surface area contributed by atoms with Crippen LogP contribution < -0.4 is 20.5 Å². The van der Waals surface area contributed by atoms with Gasteiger partial charge in [0.15, 0.2) is 11.5 Å². The second-order valence-electron chi connectivity index (χ2n) is 6.58. The normalized spacial score (nSPS) is 10.4. The van der Waals surface area contributed by atoms with E-state index in [1.54, 1.807) is 12.1 Å². The standard InChI is InChI=1S/C21H27N3O5/c1-3-4-5-12-29-20-13-17(18(24(26)27)14-19(20)28-2)21(25)23-11-10-15-6-8-16(22)9-7-15/h6-9,13-14H,3-5,10-12,22H2,1-2H3,(H,23,25). The van der Waals surface area contributed by atoms with Crippen LogP contribution in [0.4, 0.5) is 11.4 Å². The second kappa shape index (κ2) is 10.9. The molecular weight excluding hydrogens is 374 g/mol. The number of carbonyl (C=O) groups is 1. The van der Waals surface area contributed by atoms with Crippen LogP contribution in [-0.2, 0) is 6.42 Å². The fourth-order valence-corrected chi connectivity index (χ4v) is 2.79. The summed E-state index contributed by atoms with van der Waals surface area (Å²) in [6.45, 7) is 2.86. The maximum atomic E-state index is 12.6. The summed E-state index contributed by atoms with van der Waals surface area (Å²) < 4.78 is 10.9. The highest BCUT2D eigenvalue weighted by atomic mass is 16.6. The lowest BCUT2D eigenvalue weighted by atomic mass is 10.1. The number of nitrogens with one attached hydrogen (secondary N) is 1. The number of nitrogens with zero attached hydrogens (tertiary/aromatic N) is 1. The summed E-state index contributed by atoms with van der Waals surface area (Å²) in [6, 6.07) is 9.92. The van der Waals surface area contributed by atoms with Crippen LogP contribution in [0.5, 0.6) is 11.5 Å². The maximum absolute atomic E-state index is 12.6. The van der Waals surface area contributed by atoms with E-state index in [9.17, 15) is 14.9 Å². The minimum absolute atomic E-state index is 0.0569. The number of nitrogen functional groups attached to an aromatic ring is 1. The Balaban J connectivity index is 2.13. The smallest absolute Gasteiger partial charge is 0.286 e. The predicted octanol–water partition coefficient (Wildman–Crippen LogP) is 3.73. The molecule has 156 valence electrons. The zero-order valence-corrected chi connectivity index (χ0v) is 16.8. The summed E-state index contributed by atoms with van der Waals surface area (Å²) in [7, 11) is 1.41. The molecule has 29 heavy (non-hydrogen) atoms. The molecule has 0 unspecified atom stereocenters. The third-order valence-electron chi connectivity index (χ3n) is 4.41. The van der Waals surface area contributed by atoms with Gasteiger partial charge in [0.1, 0.15) is 5.56 Å². The molecule has 0 bridgehead atoms. The van der Waals surface area contributed by atoms with Gasteiger partial charge in [-0.15, -0.1) is 0 Å². The molecule has 2 rings (SSSR count). The number of nitrogens with two attached hydrogens (primary N) is 1. The summed E-state index contributed by atoms with van der Waals surface area (Å²) in [4.78, 5) is 23.5. The molecule has 0 saturated heterocycles. The summed E-state index contributed by atoms with van der Waals surface area (Å²) in [5, 5.41) is 14.2. The largest absolute Gasteiger partial charge is 0.493 e. The van der Waals surface area contributed by atoms with Crippen LogP contribution in [0, 0.1) is 10.1 Å². The number of unbranched alkanes of at least 4 members (excludes halogenated alkanes) is 2. The van der Waals surface area contributed by atoms with Crippen molar-refractivity contribution in [1.82, 2.24) is 5.32 Å². The second-order valence-corrected chi connectivity index (χ2v) is 6.58. The summed E-state index contributed by atoms with van der Waals surface area (Å²) in [5.41, 5.74) is 6.94. The molecule has 8 nitrogen and oxygen atoms in total. The van der Waals surface area contributed by atoms with E-state index in [2.05, 4.69) is 12.2 Å². The van der Waals surface area contributed by atoms with Gasteiger partial charge in [0.25, 0.3) is 11.6 Å². The van der Waals surface area contributed by atoms with Crippen molar-refractivity contribution in [2.24, 2.45) is 0 Å². The minimum Gasteiger partial charge on any atom is -0.493 e. The van der Waals surface area contributed by atoms with Crippen molar-refractivity contribution >= 4 is 17.3 Å². The van der Waals surface area contributed by atoms with Crippen molar-refractivity contribution in [2.75, 3.05) is 26.0 Å². The highest BCUT2D eigenvalue weighted by molar-refractivity contribution is 5.99. The Morgan fingerprint density at radius 2 is 1.90 bits per heavy atom. The van der Waals surface area contributed by atoms with E-state index in [-0.39, 0.29) is 17.0 Å². The van der Waals surface area contributed by atoms with Crippen molar-refractivity contribution in [2.45, 2.75) is 32.6 Å². The molecule has 0 radical (unpaired) electrons. The molecule has 0 aliphatic carbocycles. The lowest BCUT2D eigenvalue weighted by Gasteiger charge is -2.13. The number of hydrogen-bond acceptors (Lipinski definition) is 6. The van der Waals surface area contributed by atoms with Crippen molar-refractivity contribution in [1.29, 1.82) is 0 Å². The summed E-state index contributed by atoms with van der Waals surface area (Å²) >= 11 is 0. The van der Waals surface area contributed by atoms with Gasteiger partial charge in [-0.1, -0.05) is 31.9 Å². The van der Waals surface area contributed by atoms with Gasteiger partial charge >= 0.3 is 0 Å². The number of ether oxygens (including phenoxy) is 2. The Kier molecular flexibility index (Phi) is 8.27. The third-order valence-corrected chi connectivity index (χ3v) is 4.41. The van der Waals surface area contributed by atoms with Gasteiger partial charge in [0, 0.05) is 18.3 Å². The number of methoxy groups -OCH3 is 1. The predicted molar refractivity (Wildman–Crippen MR) is 112 cm³/mol. The first-order chi connectivity index (χ1) is 14.0. The van der Waals surface area contributed by atoms with E-state index in [1.165, 1.54) is 19.2 Å². The Labute approximate surface area is 170 Å². The van der Waals surface area contributed by atoms with Gasteiger partial charge in [-0.05, 0) is 30.5 Å². The van der Waals surface area contributed by atoms with E-state index in [1.807, 2.05) is 12.1 Å². The molecule has 8 heteroatoms. The quantitative estimate of drug-likeness (QED) is 0.256. The van der Waals surface area contributed by atoms with Crippen LogP contribution in [0.1, 0.15) is 42.1 Å². The fourth-order valence-electron chi connectivity index (χ4n) is 2.79. The number of hydrogen-bond donors (Lipinski definition) is 2. The molecule has 0 spiro atoms. The van der Waals surface area contributed by atoms with Crippen molar-refractivity contribution < 1.29 is 19.2 Å². The molecule has 2 aromatic rings. The van der Waals surface area contributed by atoms with E-state index < -0.39 is 10.8 Å². The Bertz CT molecular complexity index is 837. The van der Waals surface area contributed by atoms with Crippen LogP contribution in [0.3, 0.4) is 0 Å². The molecule has 0 aliphatic rings. The molecule has 0 aliphatic heterocycles. The van der Waals surface area contributed by atoms with Gasteiger partial charge < -0.3 is 20.5 Å². The van der Waals surface area contributed by atoms with Gasteiger partial charge in [0.05, 0.1) is 24.7 Å². The molecule has 1 amide bonds. The lowest BCUT2D eigenvalue weighted by Crippen LogP contribution is -2.26. The molecule has 2 aromatic carbocycles. The SMILES string of the molecule is CCCCCOc1cc(C(=O)NCCc2ccc(N)cc2)c([N+](=O)[O-])cc1OC. The van der Waals surface area contributed by atoms with Gasteiger partial charge in [-0.3, -0.25) is 14.9 Å². The van der Waals surface area contributed by atoms with Crippen molar-refractivity contribution in [3.8, 4) is 11.5 Å². The van der Waals surface area contributed by atoms with Gasteiger partial charge in [-0.2, -0.15) is 0 Å². The molecule has 0 aromatic heterocycles. The molecule has 0 heterocycles. The van der Waals surface area contributed by atoms with Crippen molar-refractivity contribution in [3.05, 3.63) is 57.6 Å². The average molecular weight is 401 g/mol. The third kappa shape index (κ3) is 6.38. The van der Waals surface area contributed by atoms with Crippen LogP contribution in [0.2, 0.25) is 0 Å². The number of nitro groups is 1. The first-order valence-corrected chi connectivity index (χ1v) is 9.58. The zero-order valence-electron chi connectivity index (χ0n) is 16.8. The Hall–Kier alpha value is -3.29. The topological polar surface area (TPSA) is 117 Å². The number of carbonyl (C=O) groups excluding carboxylic acids is 1. The first-order valence-electron chi connectivity index (χ1n) is 9.58. The minimum atomic E-state index is -0.599. The highest BCUT2D eigenvalue weighted by Gasteiger charge is 2.24.